The van der Waals surface area contributed by atoms with Gasteiger partial charge in [0, 0.05) is 25.1 Å². The fraction of sp³-hybridized carbons (Fsp3) is 0.438. The van der Waals surface area contributed by atoms with Crippen LogP contribution in [0, 0.1) is 17.8 Å². The number of primary amides is 1. The van der Waals surface area contributed by atoms with Gasteiger partial charge in [-0.15, -0.1) is 0 Å². The number of amides is 1. The van der Waals surface area contributed by atoms with E-state index in [0.717, 1.165) is 31.6 Å². The molecule has 1 aromatic rings. The lowest BCUT2D eigenvalue weighted by atomic mass is 10.1. The fourth-order valence-corrected chi connectivity index (χ4v) is 2.38. The normalized spacial score (nSPS) is 18.6. The summed E-state index contributed by atoms with van der Waals surface area (Å²) < 4.78 is 0. The molecule has 2 rings (SSSR count). The van der Waals surface area contributed by atoms with E-state index in [1.165, 1.54) is 5.56 Å². The van der Waals surface area contributed by atoms with Gasteiger partial charge in [0.15, 0.2) is 0 Å². The van der Waals surface area contributed by atoms with Crippen molar-refractivity contribution in [2.45, 2.75) is 19.4 Å². The van der Waals surface area contributed by atoms with E-state index in [1.807, 2.05) is 12.1 Å². The molecule has 0 aliphatic carbocycles. The van der Waals surface area contributed by atoms with Gasteiger partial charge >= 0.3 is 0 Å². The van der Waals surface area contributed by atoms with Gasteiger partial charge < -0.3 is 10.8 Å². The Kier molecular flexibility index (Phi) is 5.16. The van der Waals surface area contributed by atoms with Crippen LogP contribution in [0.4, 0.5) is 0 Å². The van der Waals surface area contributed by atoms with E-state index in [0.29, 0.717) is 6.42 Å². The first kappa shape index (κ1) is 14.6. The molecule has 4 nitrogen and oxygen atoms in total. The second kappa shape index (κ2) is 7.09. The number of aliphatic hydroxyl groups is 1. The van der Waals surface area contributed by atoms with Crippen LogP contribution in [0.25, 0.3) is 0 Å². The molecule has 20 heavy (non-hydrogen) atoms. The summed E-state index contributed by atoms with van der Waals surface area (Å²) in [6.07, 6.45) is 1.37. The Bertz CT molecular complexity index is 514. The molecule has 1 amide bonds. The highest BCUT2D eigenvalue weighted by atomic mass is 16.2. The number of nitrogens with zero attached hydrogens (tertiary/aromatic N) is 1. The molecule has 1 aliphatic rings. The average molecular weight is 272 g/mol. The number of hydrogen-bond donors (Lipinski definition) is 2. The number of carbonyl (C=O) groups is 1. The van der Waals surface area contributed by atoms with E-state index in [2.05, 4.69) is 28.9 Å². The van der Waals surface area contributed by atoms with Crippen molar-refractivity contribution in [2.24, 2.45) is 11.7 Å². The Morgan fingerprint density at radius 2 is 2.15 bits per heavy atom. The van der Waals surface area contributed by atoms with E-state index >= 15 is 0 Å². The van der Waals surface area contributed by atoms with E-state index in [9.17, 15) is 4.79 Å². The first-order valence-electron chi connectivity index (χ1n) is 6.89. The van der Waals surface area contributed by atoms with Gasteiger partial charge in [0.1, 0.15) is 0 Å². The minimum atomic E-state index is -0.193. The predicted molar refractivity (Wildman–Crippen MR) is 77.6 cm³/mol. The Morgan fingerprint density at radius 3 is 2.75 bits per heavy atom. The van der Waals surface area contributed by atoms with Crippen LogP contribution in [-0.2, 0) is 11.3 Å². The topological polar surface area (TPSA) is 66.6 Å². The second-order valence-electron chi connectivity index (χ2n) is 5.10. The van der Waals surface area contributed by atoms with Crippen LogP contribution in [-0.4, -0.2) is 35.6 Å². The van der Waals surface area contributed by atoms with E-state index in [1.54, 1.807) is 0 Å². The number of benzene rings is 1. The van der Waals surface area contributed by atoms with Crippen molar-refractivity contribution in [2.75, 3.05) is 19.7 Å². The van der Waals surface area contributed by atoms with Gasteiger partial charge in [0.2, 0.25) is 5.91 Å². The summed E-state index contributed by atoms with van der Waals surface area (Å²) >= 11 is 0. The Morgan fingerprint density at radius 1 is 1.40 bits per heavy atom. The lowest BCUT2D eigenvalue weighted by Crippen LogP contribution is -2.27. The van der Waals surface area contributed by atoms with Crippen LogP contribution in [0.5, 0.6) is 0 Å². The van der Waals surface area contributed by atoms with Crippen LogP contribution >= 0.6 is 0 Å². The van der Waals surface area contributed by atoms with Crippen molar-refractivity contribution < 1.29 is 9.90 Å². The van der Waals surface area contributed by atoms with Crippen molar-refractivity contribution in [1.29, 1.82) is 0 Å². The van der Waals surface area contributed by atoms with Crippen LogP contribution < -0.4 is 5.73 Å². The molecule has 1 heterocycles. The average Bonchev–Trinajstić information content (AvgIpc) is 2.90. The van der Waals surface area contributed by atoms with Gasteiger partial charge in [0.05, 0.1) is 12.5 Å². The van der Waals surface area contributed by atoms with Crippen LogP contribution in [0.3, 0.4) is 0 Å². The maximum atomic E-state index is 11.1. The molecule has 0 bridgehead atoms. The molecule has 1 fully saturated rings. The van der Waals surface area contributed by atoms with Crippen molar-refractivity contribution in [3.8, 4) is 11.8 Å². The lowest BCUT2D eigenvalue weighted by Gasteiger charge is -2.15. The van der Waals surface area contributed by atoms with Crippen LogP contribution in [0.1, 0.15) is 24.0 Å². The Labute approximate surface area is 119 Å². The van der Waals surface area contributed by atoms with Gasteiger partial charge in [-0.05, 0) is 30.7 Å². The van der Waals surface area contributed by atoms with Gasteiger partial charge in [-0.3, -0.25) is 9.69 Å². The van der Waals surface area contributed by atoms with Gasteiger partial charge in [-0.2, -0.15) is 0 Å². The van der Waals surface area contributed by atoms with E-state index in [-0.39, 0.29) is 18.4 Å². The molecular formula is C16H20N2O2. The molecule has 1 aliphatic heterocycles. The Balaban J connectivity index is 1.89. The summed E-state index contributed by atoms with van der Waals surface area (Å²) in [4.78, 5) is 13.4. The minimum Gasteiger partial charge on any atom is -0.395 e. The first-order valence-corrected chi connectivity index (χ1v) is 6.89. The quantitative estimate of drug-likeness (QED) is 0.794. The lowest BCUT2D eigenvalue weighted by molar-refractivity contribution is -0.121. The minimum absolute atomic E-state index is 0.00128. The predicted octanol–water partition coefficient (Wildman–Crippen LogP) is 0.728. The van der Waals surface area contributed by atoms with Gasteiger partial charge in [0.25, 0.3) is 0 Å². The summed E-state index contributed by atoms with van der Waals surface area (Å²) in [6.45, 7) is 2.62. The molecule has 1 saturated heterocycles. The van der Waals surface area contributed by atoms with Gasteiger partial charge in [-0.25, -0.2) is 0 Å². The third-order valence-corrected chi connectivity index (χ3v) is 3.50. The maximum absolute atomic E-state index is 11.1. The summed E-state index contributed by atoms with van der Waals surface area (Å²) in [5.74, 6) is 5.71. The molecule has 1 aromatic carbocycles. The monoisotopic (exact) mass is 272 g/mol. The zero-order valence-corrected chi connectivity index (χ0v) is 11.5. The zero-order chi connectivity index (χ0) is 14.4. The van der Waals surface area contributed by atoms with Gasteiger partial charge in [-0.1, -0.05) is 24.0 Å². The molecule has 106 valence electrons. The van der Waals surface area contributed by atoms with Crippen molar-refractivity contribution >= 4 is 5.91 Å². The molecular weight excluding hydrogens is 252 g/mol. The summed E-state index contributed by atoms with van der Waals surface area (Å²) in [7, 11) is 0. The van der Waals surface area contributed by atoms with E-state index in [4.69, 9.17) is 10.8 Å². The summed E-state index contributed by atoms with van der Waals surface area (Å²) in [5, 5.41) is 8.67. The summed E-state index contributed by atoms with van der Waals surface area (Å²) in [6, 6.07) is 8.09. The number of rotatable bonds is 4. The molecule has 1 unspecified atom stereocenters. The molecule has 0 spiro atoms. The number of hydrogen-bond acceptors (Lipinski definition) is 3. The van der Waals surface area contributed by atoms with Crippen molar-refractivity contribution in [3.63, 3.8) is 0 Å². The highest BCUT2D eigenvalue weighted by Crippen LogP contribution is 2.18. The first-order chi connectivity index (χ1) is 9.69. The summed E-state index contributed by atoms with van der Waals surface area (Å²) in [5.41, 5.74) is 7.50. The molecule has 0 aromatic heterocycles. The number of likely N-dealkylation sites (tertiary alicyclic amines) is 1. The maximum Gasteiger partial charge on any atom is 0.221 e. The highest BCUT2D eigenvalue weighted by Gasteiger charge is 2.26. The number of carbonyl (C=O) groups excluding carboxylic acids is 1. The fourth-order valence-electron chi connectivity index (χ4n) is 2.38. The smallest absolute Gasteiger partial charge is 0.221 e. The second-order valence-corrected chi connectivity index (χ2v) is 5.10. The highest BCUT2D eigenvalue weighted by molar-refractivity contribution is 5.77. The zero-order valence-electron chi connectivity index (χ0n) is 11.5. The van der Waals surface area contributed by atoms with Crippen molar-refractivity contribution in [1.82, 2.24) is 4.90 Å². The number of nitrogens with two attached hydrogens (primary N) is 1. The standard InChI is InChI=1S/C16H20N2O2/c17-16(20)15-8-9-18(12-15)11-14-6-4-13(5-7-14)3-1-2-10-19/h4-7,15,19H,2,8-12H2,(H2,17,20). The van der Waals surface area contributed by atoms with E-state index < -0.39 is 0 Å². The molecule has 3 N–H and O–H groups in total. The molecule has 4 heteroatoms. The largest absolute Gasteiger partial charge is 0.395 e. The number of aliphatic hydroxyl groups excluding tert-OH is 1. The third-order valence-electron chi connectivity index (χ3n) is 3.50. The molecule has 1 atom stereocenters. The Hall–Kier alpha value is -1.83. The van der Waals surface area contributed by atoms with Crippen LogP contribution in [0.2, 0.25) is 0 Å². The molecule has 0 radical (unpaired) electrons. The molecule has 0 saturated carbocycles. The van der Waals surface area contributed by atoms with Crippen molar-refractivity contribution in [3.05, 3.63) is 35.4 Å². The van der Waals surface area contributed by atoms with Crippen LogP contribution in [0.15, 0.2) is 24.3 Å². The SMILES string of the molecule is NC(=O)C1CCN(Cc2ccc(C#CCCO)cc2)C1. The third kappa shape index (κ3) is 4.09.